The van der Waals surface area contributed by atoms with Gasteiger partial charge in [-0.25, -0.2) is 4.98 Å². The van der Waals surface area contributed by atoms with E-state index in [9.17, 15) is 0 Å². The molecule has 2 N–H and O–H groups in total. The summed E-state index contributed by atoms with van der Waals surface area (Å²) >= 11 is 6.31. The van der Waals surface area contributed by atoms with E-state index in [4.69, 9.17) is 17.3 Å². The third-order valence-electron chi connectivity index (χ3n) is 3.75. The number of nitrogens with two attached hydrogens (primary N) is 1. The molecule has 18 heavy (non-hydrogen) atoms. The minimum Gasteiger partial charge on any atom is -0.355 e. The molecule has 2 rings (SSSR count). The van der Waals surface area contributed by atoms with Crippen molar-refractivity contribution >= 4 is 17.4 Å². The van der Waals surface area contributed by atoms with E-state index in [1.165, 1.54) is 19.3 Å². The Hall–Kier alpha value is -0.800. The van der Waals surface area contributed by atoms with Gasteiger partial charge in [-0.2, -0.15) is 0 Å². The van der Waals surface area contributed by atoms with E-state index in [0.29, 0.717) is 12.0 Å². The van der Waals surface area contributed by atoms with Crippen LogP contribution < -0.4 is 10.6 Å². The number of pyridine rings is 1. The highest BCUT2D eigenvalue weighted by atomic mass is 35.5. The first-order valence-electron chi connectivity index (χ1n) is 6.61. The summed E-state index contributed by atoms with van der Waals surface area (Å²) in [6.45, 7) is 7.23. The molecule has 1 aliphatic heterocycles. The van der Waals surface area contributed by atoms with E-state index in [1.807, 2.05) is 12.3 Å². The Kier molecular flexibility index (Phi) is 4.13. The highest BCUT2D eigenvalue weighted by molar-refractivity contribution is 6.33. The molecular weight excluding hydrogens is 246 g/mol. The van der Waals surface area contributed by atoms with E-state index in [1.54, 1.807) is 0 Å². The maximum Gasteiger partial charge on any atom is 0.147 e. The highest BCUT2D eigenvalue weighted by Gasteiger charge is 2.24. The zero-order valence-corrected chi connectivity index (χ0v) is 12.0. The number of hydrogen-bond acceptors (Lipinski definition) is 3. The molecule has 0 saturated carbocycles. The average molecular weight is 268 g/mol. The Labute approximate surface area is 114 Å². The van der Waals surface area contributed by atoms with Crippen LogP contribution in [0.25, 0.3) is 0 Å². The molecule has 0 radical (unpaired) electrons. The number of anilines is 1. The van der Waals surface area contributed by atoms with Crippen molar-refractivity contribution in [2.24, 2.45) is 11.1 Å². The van der Waals surface area contributed by atoms with Crippen LogP contribution in [-0.4, -0.2) is 18.1 Å². The normalized spacial score (nSPS) is 19.7. The van der Waals surface area contributed by atoms with Crippen molar-refractivity contribution in [1.29, 1.82) is 0 Å². The molecule has 3 nitrogen and oxygen atoms in total. The number of hydrogen-bond donors (Lipinski definition) is 1. The predicted octanol–water partition coefficient (Wildman–Crippen LogP) is 3.21. The molecule has 100 valence electrons. The summed E-state index contributed by atoms with van der Waals surface area (Å²) < 4.78 is 0. The van der Waals surface area contributed by atoms with E-state index in [-0.39, 0.29) is 0 Å². The van der Waals surface area contributed by atoms with Gasteiger partial charge in [-0.3, -0.25) is 0 Å². The van der Waals surface area contributed by atoms with Gasteiger partial charge in [0.15, 0.2) is 0 Å². The smallest absolute Gasteiger partial charge is 0.147 e. The molecule has 0 amide bonds. The Morgan fingerprint density at radius 3 is 2.83 bits per heavy atom. The summed E-state index contributed by atoms with van der Waals surface area (Å²) in [6.07, 6.45) is 5.48. The summed E-state index contributed by atoms with van der Waals surface area (Å²) in [5.41, 5.74) is 7.01. The Balaban J connectivity index is 2.16. The van der Waals surface area contributed by atoms with Crippen molar-refractivity contribution in [1.82, 2.24) is 4.98 Å². The third-order valence-corrected chi connectivity index (χ3v) is 4.03. The largest absolute Gasteiger partial charge is 0.355 e. The van der Waals surface area contributed by atoms with Crippen molar-refractivity contribution in [3.8, 4) is 0 Å². The third kappa shape index (κ3) is 3.15. The number of rotatable bonds is 2. The second kappa shape index (κ2) is 5.45. The highest BCUT2D eigenvalue weighted by Crippen LogP contribution is 2.33. The van der Waals surface area contributed by atoms with Crippen molar-refractivity contribution in [2.45, 2.75) is 39.7 Å². The van der Waals surface area contributed by atoms with E-state index in [0.717, 1.165) is 29.5 Å². The summed E-state index contributed by atoms with van der Waals surface area (Å²) in [4.78, 5) is 6.78. The lowest BCUT2D eigenvalue weighted by Crippen LogP contribution is -2.26. The quantitative estimate of drug-likeness (QED) is 0.895. The Bertz CT molecular complexity index is 418. The SMILES string of the molecule is CC1(C)CCCN(c2ncc(CN)cc2Cl)CC1. The second-order valence-corrected chi connectivity index (χ2v) is 6.27. The van der Waals surface area contributed by atoms with Gasteiger partial charge in [-0.15, -0.1) is 0 Å². The first-order valence-corrected chi connectivity index (χ1v) is 6.99. The van der Waals surface area contributed by atoms with Crippen LogP contribution in [0.4, 0.5) is 5.82 Å². The number of aromatic nitrogens is 1. The van der Waals surface area contributed by atoms with Crippen molar-refractivity contribution in [3.05, 3.63) is 22.8 Å². The molecule has 4 heteroatoms. The minimum absolute atomic E-state index is 0.429. The lowest BCUT2D eigenvalue weighted by atomic mass is 9.85. The van der Waals surface area contributed by atoms with E-state index >= 15 is 0 Å². The Morgan fingerprint density at radius 1 is 1.39 bits per heavy atom. The fourth-order valence-electron chi connectivity index (χ4n) is 2.45. The Morgan fingerprint density at radius 2 is 2.17 bits per heavy atom. The molecule has 2 heterocycles. The molecule has 1 aliphatic rings. The molecule has 0 spiro atoms. The summed E-state index contributed by atoms with van der Waals surface area (Å²) in [5.74, 6) is 0.909. The van der Waals surface area contributed by atoms with Gasteiger partial charge in [0.25, 0.3) is 0 Å². The fraction of sp³-hybridized carbons (Fsp3) is 0.643. The van der Waals surface area contributed by atoms with Gasteiger partial charge in [0.05, 0.1) is 5.02 Å². The summed E-state index contributed by atoms with van der Waals surface area (Å²) in [6, 6.07) is 1.93. The van der Waals surface area contributed by atoms with Crippen LogP contribution in [-0.2, 0) is 6.54 Å². The molecular formula is C14H22ClN3. The first-order chi connectivity index (χ1) is 8.52. The van der Waals surface area contributed by atoms with Crippen LogP contribution in [0.1, 0.15) is 38.7 Å². The van der Waals surface area contributed by atoms with Gasteiger partial charge in [0.1, 0.15) is 5.82 Å². The van der Waals surface area contributed by atoms with Crippen molar-refractivity contribution in [3.63, 3.8) is 0 Å². The molecule has 1 fully saturated rings. The molecule has 0 atom stereocenters. The van der Waals surface area contributed by atoms with Gasteiger partial charge in [0, 0.05) is 25.8 Å². The number of nitrogens with zero attached hydrogens (tertiary/aromatic N) is 2. The van der Waals surface area contributed by atoms with E-state index in [2.05, 4.69) is 23.7 Å². The lowest BCUT2D eigenvalue weighted by Gasteiger charge is -2.24. The molecule has 1 saturated heterocycles. The van der Waals surface area contributed by atoms with Crippen LogP contribution in [0.5, 0.6) is 0 Å². The van der Waals surface area contributed by atoms with Gasteiger partial charge in [-0.1, -0.05) is 25.4 Å². The van der Waals surface area contributed by atoms with Gasteiger partial charge in [0.2, 0.25) is 0 Å². The summed E-state index contributed by atoms with van der Waals surface area (Å²) in [5, 5.41) is 0.720. The van der Waals surface area contributed by atoms with Crippen molar-refractivity contribution < 1.29 is 0 Å². The lowest BCUT2D eigenvalue weighted by molar-refractivity contribution is 0.325. The van der Waals surface area contributed by atoms with E-state index < -0.39 is 0 Å². The van der Waals surface area contributed by atoms with Crippen LogP contribution in [0.3, 0.4) is 0 Å². The maximum absolute atomic E-state index is 6.31. The van der Waals surface area contributed by atoms with Crippen LogP contribution >= 0.6 is 11.6 Å². The molecule has 0 aliphatic carbocycles. The molecule has 1 aromatic rings. The first kappa shape index (κ1) is 13.6. The predicted molar refractivity (Wildman–Crippen MR) is 77.0 cm³/mol. The maximum atomic E-state index is 6.31. The fourth-order valence-corrected chi connectivity index (χ4v) is 2.76. The monoisotopic (exact) mass is 267 g/mol. The van der Waals surface area contributed by atoms with Gasteiger partial charge < -0.3 is 10.6 Å². The minimum atomic E-state index is 0.429. The van der Waals surface area contributed by atoms with Gasteiger partial charge in [-0.05, 0) is 36.3 Å². The number of halogens is 1. The molecule has 1 aromatic heterocycles. The van der Waals surface area contributed by atoms with Crippen LogP contribution in [0.15, 0.2) is 12.3 Å². The van der Waals surface area contributed by atoms with Crippen molar-refractivity contribution in [2.75, 3.05) is 18.0 Å². The molecule has 0 bridgehead atoms. The second-order valence-electron chi connectivity index (χ2n) is 5.86. The standard InChI is InChI=1S/C14H22ClN3/c1-14(2)4-3-6-18(7-5-14)13-12(15)8-11(9-16)10-17-13/h8,10H,3-7,9,16H2,1-2H3. The molecule has 0 aromatic carbocycles. The van der Waals surface area contributed by atoms with Crippen LogP contribution in [0, 0.1) is 5.41 Å². The van der Waals surface area contributed by atoms with Gasteiger partial charge >= 0.3 is 0 Å². The summed E-state index contributed by atoms with van der Waals surface area (Å²) in [7, 11) is 0. The average Bonchev–Trinajstić information content (AvgIpc) is 2.50. The zero-order valence-electron chi connectivity index (χ0n) is 11.2. The molecule has 0 unspecified atom stereocenters. The zero-order chi connectivity index (χ0) is 13.2. The topological polar surface area (TPSA) is 42.2 Å². The van der Waals surface area contributed by atoms with Crippen LogP contribution in [0.2, 0.25) is 5.02 Å².